The summed E-state index contributed by atoms with van der Waals surface area (Å²) >= 11 is 2.68. The van der Waals surface area contributed by atoms with Crippen LogP contribution in [0.3, 0.4) is 0 Å². The van der Waals surface area contributed by atoms with Crippen LogP contribution in [0.2, 0.25) is 0 Å². The third kappa shape index (κ3) is 3.91. The highest BCUT2D eigenvalue weighted by Crippen LogP contribution is 2.40. The van der Waals surface area contributed by atoms with Crippen molar-refractivity contribution in [2.75, 3.05) is 6.54 Å². The van der Waals surface area contributed by atoms with E-state index >= 15 is 0 Å². The van der Waals surface area contributed by atoms with Gasteiger partial charge in [-0.05, 0) is 61.1 Å². The minimum absolute atomic E-state index is 0.00679. The van der Waals surface area contributed by atoms with E-state index in [4.69, 9.17) is 0 Å². The first kappa shape index (κ1) is 19.6. The molecule has 0 radical (unpaired) electrons. The minimum atomic E-state index is -0.129. The van der Waals surface area contributed by atoms with Crippen molar-refractivity contribution in [3.05, 3.63) is 68.7 Å². The van der Waals surface area contributed by atoms with Crippen LogP contribution in [0.4, 0.5) is 0 Å². The summed E-state index contributed by atoms with van der Waals surface area (Å²) in [6, 6.07) is 9.75. The number of hydrogen-bond acceptors (Lipinski definition) is 6. The molecule has 29 heavy (non-hydrogen) atoms. The number of aliphatic hydroxyl groups excluding tert-OH is 1. The van der Waals surface area contributed by atoms with Crippen LogP contribution in [0.25, 0.3) is 16.2 Å². The van der Waals surface area contributed by atoms with Gasteiger partial charge >= 0.3 is 0 Å². The molecule has 2 heterocycles. The van der Waals surface area contributed by atoms with Crippen molar-refractivity contribution in [1.82, 2.24) is 0 Å². The van der Waals surface area contributed by atoms with Crippen molar-refractivity contribution in [3.8, 4) is 16.2 Å². The molecule has 2 aromatic heterocycles. The minimum Gasteiger partial charge on any atom is -0.507 e. The maximum absolute atomic E-state index is 12.4. The first-order chi connectivity index (χ1) is 13.9. The molecule has 1 aromatic carbocycles. The molecule has 0 bridgehead atoms. The van der Waals surface area contributed by atoms with Gasteiger partial charge in [-0.2, -0.15) is 0 Å². The second-order valence-corrected chi connectivity index (χ2v) is 9.06. The van der Waals surface area contributed by atoms with Crippen LogP contribution < -0.4 is 0 Å². The molecule has 4 nitrogen and oxygen atoms in total. The Morgan fingerprint density at radius 2 is 1.93 bits per heavy atom. The summed E-state index contributed by atoms with van der Waals surface area (Å²) in [5, 5.41) is 22.1. The fourth-order valence-electron chi connectivity index (χ4n) is 3.52. The summed E-state index contributed by atoms with van der Waals surface area (Å²) in [6.45, 7) is 5.26. The molecule has 148 valence electrons. The SMILES string of the molecule is C=C(O)c1ccc(C(=O)CN=C(C)c2csc(-c3ccc4c(c3)CCC4)c2O)s1. The van der Waals surface area contributed by atoms with E-state index < -0.39 is 0 Å². The molecule has 1 aliphatic rings. The predicted molar refractivity (Wildman–Crippen MR) is 121 cm³/mol. The number of benzene rings is 1. The molecule has 6 heteroatoms. The summed E-state index contributed by atoms with van der Waals surface area (Å²) in [5.41, 5.74) is 5.09. The van der Waals surface area contributed by atoms with Gasteiger partial charge in [-0.3, -0.25) is 9.79 Å². The first-order valence-electron chi connectivity index (χ1n) is 9.39. The lowest BCUT2D eigenvalue weighted by atomic mass is 10.0. The fraction of sp³-hybridized carbons (Fsp3) is 0.217. The van der Waals surface area contributed by atoms with Gasteiger partial charge < -0.3 is 10.2 Å². The van der Waals surface area contributed by atoms with Crippen LogP contribution in [0, 0.1) is 0 Å². The van der Waals surface area contributed by atoms with Crippen LogP contribution in [-0.2, 0) is 12.8 Å². The summed E-state index contributed by atoms with van der Waals surface area (Å²) in [5.74, 6) is 0.0445. The third-order valence-corrected chi connectivity index (χ3v) is 7.33. The number of ketones is 1. The van der Waals surface area contributed by atoms with Gasteiger partial charge in [0, 0.05) is 16.7 Å². The van der Waals surface area contributed by atoms with E-state index in [0.717, 1.165) is 23.3 Å². The smallest absolute Gasteiger partial charge is 0.194 e. The fourth-order valence-corrected chi connectivity index (χ4v) is 5.33. The number of rotatable bonds is 6. The molecule has 3 aromatic rings. The Balaban J connectivity index is 1.52. The van der Waals surface area contributed by atoms with E-state index in [-0.39, 0.29) is 23.8 Å². The highest BCUT2D eigenvalue weighted by atomic mass is 32.1. The van der Waals surface area contributed by atoms with Crippen LogP contribution in [0.5, 0.6) is 5.75 Å². The van der Waals surface area contributed by atoms with Gasteiger partial charge in [0.2, 0.25) is 0 Å². The van der Waals surface area contributed by atoms with Gasteiger partial charge in [0.1, 0.15) is 18.1 Å². The first-order valence-corrected chi connectivity index (χ1v) is 11.1. The number of aliphatic imine (C=N–C) groups is 1. The highest BCUT2D eigenvalue weighted by Gasteiger charge is 2.18. The lowest BCUT2D eigenvalue weighted by molar-refractivity contribution is 0.101. The van der Waals surface area contributed by atoms with Gasteiger partial charge in [0.25, 0.3) is 0 Å². The molecule has 0 saturated heterocycles. The molecule has 4 rings (SSSR count). The van der Waals surface area contributed by atoms with Crippen molar-refractivity contribution in [2.45, 2.75) is 26.2 Å². The molecule has 0 fully saturated rings. The Bertz CT molecular complexity index is 1140. The third-order valence-electron chi connectivity index (χ3n) is 5.14. The summed E-state index contributed by atoms with van der Waals surface area (Å²) in [7, 11) is 0. The Morgan fingerprint density at radius 3 is 2.69 bits per heavy atom. The number of nitrogens with zero attached hydrogens (tertiary/aromatic N) is 1. The predicted octanol–water partition coefficient (Wildman–Crippen LogP) is 5.89. The normalized spacial score (nSPS) is 13.5. The largest absolute Gasteiger partial charge is 0.507 e. The zero-order chi connectivity index (χ0) is 20.5. The molecular formula is C23H21NO3S2. The standard InChI is InChI=1S/C23H21NO3S2/c1-13(24-11-19(26)21-9-8-20(29-21)14(2)25)18-12-28-23(22(18)27)17-7-6-15-4-3-5-16(15)10-17/h6-10,12,25,27H,2-5,11H2,1H3. The van der Waals surface area contributed by atoms with E-state index in [1.54, 1.807) is 19.1 Å². The van der Waals surface area contributed by atoms with Crippen LogP contribution in [0.15, 0.2) is 47.3 Å². The Hall–Kier alpha value is -2.70. The summed E-state index contributed by atoms with van der Waals surface area (Å²) in [4.78, 5) is 18.7. The van der Waals surface area contributed by atoms with Crippen molar-refractivity contribution < 1.29 is 15.0 Å². The Labute approximate surface area is 177 Å². The average Bonchev–Trinajstić information content (AvgIpc) is 3.44. The van der Waals surface area contributed by atoms with Crippen molar-refractivity contribution in [1.29, 1.82) is 0 Å². The second kappa shape index (κ2) is 7.97. The van der Waals surface area contributed by atoms with Crippen molar-refractivity contribution >= 4 is 39.9 Å². The van der Waals surface area contributed by atoms with Crippen LogP contribution in [-0.4, -0.2) is 28.3 Å². The number of thiophene rings is 2. The molecule has 0 saturated carbocycles. The van der Waals surface area contributed by atoms with E-state index in [1.165, 1.54) is 40.2 Å². The van der Waals surface area contributed by atoms with E-state index in [1.807, 2.05) is 5.38 Å². The van der Waals surface area contributed by atoms with Crippen molar-refractivity contribution in [2.24, 2.45) is 4.99 Å². The summed E-state index contributed by atoms with van der Waals surface area (Å²) < 4.78 is 0. The second-order valence-electron chi connectivity index (χ2n) is 7.10. The van der Waals surface area contributed by atoms with E-state index in [9.17, 15) is 15.0 Å². The molecular weight excluding hydrogens is 402 g/mol. The van der Waals surface area contributed by atoms with Crippen molar-refractivity contribution in [3.63, 3.8) is 0 Å². The zero-order valence-corrected chi connectivity index (χ0v) is 17.7. The average molecular weight is 424 g/mol. The molecule has 0 atom stereocenters. The number of aliphatic hydroxyl groups is 1. The zero-order valence-electron chi connectivity index (χ0n) is 16.1. The number of Topliss-reactive ketones (excluding diaryl/α,β-unsaturated/α-hetero) is 1. The molecule has 2 N–H and O–H groups in total. The summed E-state index contributed by atoms with van der Waals surface area (Å²) in [6.07, 6.45) is 3.42. The lowest BCUT2D eigenvalue weighted by Gasteiger charge is -2.05. The monoisotopic (exact) mass is 423 g/mol. The van der Waals surface area contributed by atoms with Gasteiger partial charge in [-0.25, -0.2) is 0 Å². The number of carbonyl (C=O) groups is 1. The van der Waals surface area contributed by atoms with Gasteiger partial charge in [-0.1, -0.05) is 18.7 Å². The highest BCUT2D eigenvalue weighted by molar-refractivity contribution is 7.15. The molecule has 0 spiro atoms. The lowest BCUT2D eigenvalue weighted by Crippen LogP contribution is -2.04. The van der Waals surface area contributed by atoms with Gasteiger partial charge in [0.05, 0.1) is 14.6 Å². The van der Waals surface area contributed by atoms with Gasteiger partial charge in [0.15, 0.2) is 5.78 Å². The molecule has 1 aliphatic carbocycles. The maximum Gasteiger partial charge on any atom is 0.194 e. The number of hydrogen-bond donors (Lipinski definition) is 2. The van der Waals surface area contributed by atoms with E-state index in [0.29, 0.717) is 21.0 Å². The quantitative estimate of drug-likeness (QED) is 0.295. The number of aromatic hydroxyl groups is 1. The maximum atomic E-state index is 12.4. The molecule has 0 aliphatic heterocycles. The number of aryl methyl sites for hydroxylation is 2. The van der Waals surface area contributed by atoms with Crippen LogP contribution in [0.1, 0.15) is 44.6 Å². The molecule has 0 amide bonds. The number of carbonyl (C=O) groups excluding carboxylic acids is 1. The Kier molecular flexibility index (Phi) is 5.39. The van der Waals surface area contributed by atoms with E-state index in [2.05, 4.69) is 29.8 Å². The Morgan fingerprint density at radius 1 is 1.17 bits per heavy atom. The van der Waals surface area contributed by atoms with Gasteiger partial charge in [-0.15, -0.1) is 22.7 Å². The molecule has 0 unspecified atom stereocenters. The van der Waals surface area contributed by atoms with Crippen LogP contribution >= 0.6 is 22.7 Å². The topological polar surface area (TPSA) is 69.9 Å². The number of fused-ring (bicyclic) bond motifs is 1.